The van der Waals surface area contributed by atoms with Gasteiger partial charge in [-0.25, -0.2) is 4.98 Å². The van der Waals surface area contributed by atoms with Gasteiger partial charge in [0.05, 0.1) is 0 Å². The van der Waals surface area contributed by atoms with E-state index in [1.54, 1.807) is 0 Å². The van der Waals surface area contributed by atoms with Crippen molar-refractivity contribution in [1.82, 2.24) is 15.2 Å². The van der Waals surface area contributed by atoms with Gasteiger partial charge in [0.1, 0.15) is 6.33 Å². The second-order valence-electron chi connectivity index (χ2n) is 4.41. The van der Waals surface area contributed by atoms with Crippen LogP contribution in [0.4, 0.5) is 0 Å². The Hall–Kier alpha value is -1.97. The number of hydrogen-bond acceptors (Lipinski definition) is 3. The fourth-order valence-electron chi connectivity index (χ4n) is 2.10. The molecule has 0 atom stereocenters. The lowest BCUT2D eigenvalue weighted by molar-refractivity contribution is 0.103. The molecule has 2 aromatic rings. The van der Waals surface area contributed by atoms with Gasteiger partial charge >= 0.3 is 0 Å². The van der Waals surface area contributed by atoms with Gasteiger partial charge in [-0.2, -0.15) is 5.10 Å². The third-order valence-electron chi connectivity index (χ3n) is 3.38. The Balaban J connectivity index is 1.82. The molecule has 0 saturated heterocycles. The van der Waals surface area contributed by atoms with Crippen LogP contribution in [0.25, 0.3) is 0 Å². The van der Waals surface area contributed by atoms with Crippen LogP contribution in [-0.2, 0) is 0 Å². The van der Waals surface area contributed by atoms with Crippen LogP contribution in [-0.4, -0.2) is 21.0 Å². The number of hydrogen-bond donors (Lipinski definition) is 1. The molecule has 1 aliphatic carbocycles. The molecule has 1 N–H and O–H groups in total. The van der Waals surface area contributed by atoms with E-state index in [0.29, 0.717) is 17.3 Å². The van der Waals surface area contributed by atoms with Gasteiger partial charge in [-0.3, -0.25) is 9.89 Å². The number of aromatic amines is 1. The molecule has 4 nitrogen and oxygen atoms in total. The summed E-state index contributed by atoms with van der Waals surface area (Å²) >= 11 is 0. The molecule has 1 aliphatic rings. The number of carbonyl (C=O) groups is 1. The smallest absolute Gasteiger partial charge is 0.229 e. The Kier molecular flexibility index (Phi) is 2.48. The first-order chi connectivity index (χ1) is 8.34. The van der Waals surface area contributed by atoms with Crippen molar-refractivity contribution in [3.8, 4) is 0 Å². The molecule has 0 radical (unpaired) electrons. The van der Waals surface area contributed by atoms with Crippen molar-refractivity contribution in [3.63, 3.8) is 0 Å². The van der Waals surface area contributed by atoms with Crippen molar-refractivity contribution in [2.24, 2.45) is 0 Å². The summed E-state index contributed by atoms with van der Waals surface area (Å²) in [6, 6.07) is 7.85. The maximum Gasteiger partial charge on any atom is 0.229 e. The zero-order chi connectivity index (χ0) is 11.7. The molecule has 0 aliphatic heterocycles. The first-order valence-corrected chi connectivity index (χ1v) is 5.84. The van der Waals surface area contributed by atoms with Crippen LogP contribution in [0, 0.1) is 0 Å². The molecule has 0 amide bonds. The van der Waals surface area contributed by atoms with Crippen LogP contribution in [0.2, 0.25) is 0 Å². The summed E-state index contributed by atoms with van der Waals surface area (Å²) in [6.45, 7) is 0. The number of H-pyrrole nitrogens is 1. The van der Waals surface area contributed by atoms with E-state index >= 15 is 0 Å². The average molecular weight is 227 g/mol. The average Bonchev–Trinajstić information content (AvgIpc) is 2.80. The molecule has 1 saturated carbocycles. The Morgan fingerprint density at radius 2 is 2.00 bits per heavy atom. The molecular formula is C13H13N3O. The molecule has 0 spiro atoms. The molecular weight excluding hydrogens is 214 g/mol. The number of nitrogens with zero attached hydrogens (tertiary/aromatic N) is 2. The summed E-state index contributed by atoms with van der Waals surface area (Å²) in [4.78, 5) is 15.8. The molecule has 1 aromatic heterocycles. The van der Waals surface area contributed by atoms with Crippen LogP contribution in [0.15, 0.2) is 30.6 Å². The fraction of sp³-hybridized carbons (Fsp3) is 0.308. The van der Waals surface area contributed by atoms with Crippen molar-refractivity contribution in [2.45, 2.75) is 25.2 Å². The summed E-state index contributed by atoms with van der Waals surface area (Å²) in [5.74, 6) is 0.883. The highest BCUT2D eigenvalue weighted by atomic mass is 16.1. The van der Waals surface area contributed by atoms with Gasteiger partial charge in [-0.15, -0.1) is 0 Å². The second kappa shape index (κ2) is 4.13. The fourth-order valence-corrected chi connectivity index (χ4v) is 2.10. The highest BCUT2D eigenvalue weighted by Gasteiger charge is 2.19. The molecule has 4 heteroatoms. The first-order valence-electron chi connectivity index (χ1n) is 5.84. The van der Waals surface area contributed by atoms with Gasteiger partial charge in [0.2, 0.25) is 5.78 Å². The SMILES string of the molecule is O=C(c1ccc(C2CCC2)cc1)c1ncn[nH]1. The van der Waals surface area contributed by atoms with E-state index in [-0.39, 0.29) is 5.78 Å². The number of nitrogens with one attached hydrogen (secondary N) is 1. The highest BCUT2D eigenvalue weighted by molar-refractivity contribution is 6.06. The van der Waals surface area contributed by atoms with Gasteiger partial charge in [0.25, 0.3) is 0 Å². The van der Waals surface area contributed by atoms with Crippen molar-refractivity contribution < 1.29 is 4.79 Å². The maximum atomic E-state index is 11.9. The maximum absolute atomic E-state index is 11.9. The Bertz CT molecular complexity index is 512. The van der Waals surface area contributed by atoms with E-state index in [1.165, 1.54) is 31.2 Å². The third kappa shape index (κ3) is 1.86. The standard InChI is InChI=1S/C13H13N3O/c17-12(13-14-8-15-16-13)11-6-4-10(5-7-11)9-2-1-3-9/h4-9H,1-3H2,(H,14,15,16). The van der Waals surface area contributed by atoms with E-state index < -0.39 is 0 Å². The zero-order valence-corrected chi connectivity index (χ0v) is 9.39. The van der Waals surface area contributed by atoms with Crippen LogP contribution < -0.4 is 0 Å². The summed E-state index contributed by atoms with van der Waals surface area (Å²) in [6.07, 6.45) is 5.21. The zero-order valence-electron chi connectivity index (χ0n) is 9.39. The number of carbonyl (C=O) groups excluding carboxylic acids is 1. The van der Waals surface area contributed by atoms with Gasteiger partial charge in [0.15, 0.2) is 5.82 Å². The number of aromatic nitrogens is 3. The second-order valence-corrected chi connectivity index (χ2v) is 4.41. The lowest BCUT2D eigenvalue weighted by atomic mass is 9.80. The minimum Gasteiger partial charge on any atom is -0.285 e. The van der Waals surface area contributed by atoms with Crippen LogP contribution >= 0.6 is 0 Å². The third-order valence-corrected chi connectivity index (χ3v) is 3.38. The van der Waals surface area contributed by atoms with Crippen molar-refractivity contribution in [2.75, 3.05) is 0 Å². The largest absolute Gasteiger partial charge is 0.285 e. The highest BCUT2D eigenvalue weighted by Crippen LogP contribution is 2.36. The van der Waals surface area contributed by atoms with E-state index in [1.807, 2.05) is 24.3 Å². The van der Waals surface area contributed by atoms with Crippen LogP contribution in [0.1, 0.15) is 46.9 Å². The molecule has 86 valence electrons. The lowest BCUT2D eigenvalue weighted by Gasteiger charge is -2.25. The summed E-state index contributed by atoms with van der Waals surface area (Å²) in [5, 5.41) is 6.26. The van der Waals surface area contributed by atoms with Gasteiger partial charge in [-0.05, 0) is 24.3 Å². The monoisotopic (exact) mass is 227 g/mol. The predicted molar refractivity (Wildman–Crippen MR) is 62.8 cm³/mol. The number of rotatable bonds is 3. The summed E-state index contributed by atoms with van der Waals surface area (Å²) < 4.78 is 0. The first kappa shape index (κ1) is 10.2. The van der Waals surface area contributed by atoms with Crippen LogP contribution in [0.3, 0.4) is 0 Å². The molecule has 1 fully saturated rings. The van der Waals surface area contributed by atoms with Gasteiger partial charge < -0.3 is 0 Å². The van der Waals surface area contributed by atoms with Crippen molar-refractivity contribution >= 4 is 5.78 Å². The minimum absolute atomic E-state index is 0.109. The van der Waals surface area contributed by atoms with Gasteiger partial charge in [-0.1, -0.05) is 30.7 Å². The number of ketones is 1. The Morgan fingerprint density at radius 1 is 1.24 bits per heavy atom. The molecule has 17 heavy (non-hydrogen) atoms. The van der Waals surface area contributed by atoms with E-state index in [9.17, 15) is 4.79 Å². The molecule has 1 heterocycles. The predicted octanol–water partition coefficient (Wildman–Crippen LogP) is 2.30. The number of benzene rings is 1. The molecule has 0 bridgehead atoms. The van der Waals surface area contributed by atoms with E-state index in [0.717, 1.165) is 0 Å². The van der Waals surface area contributed by atoms with Crippen LogP contribution in [0.5, 0.6) is 0 Å². The Morgan fingerprint density at radius 3 is 2.53 bits per heavy atom. The van der Waals surface area contributed by atoms with E-state index in [4.69, 9.17) is 0 Å². The van der Waals surface area contributed by atoms with Gasteiger partial charge in [0, 0.05) is 5.56 Å². The summed E-state index contributed by atoms with van der Waals surface area (Å²) in [7, 11) is 0. The lowest BCUT2D eigenvalue weighted by Crippen LogP contribution is -2.09. The molecule has 0 unspecified atom stereocenters. The van der Waals surface area contributed by atoms with Crippen molar-refractivity contribution in [3.05, 3.63) is 47.5 Å². The molecule has 1 aromatic carbocycles. The normalized spacial score (nSPS) is 15.5. The van der Waals surface area contributed by atoms with E-state index in [2.05, 4.69) is 15.2 Å². The topological polar surface area (TPSA) is 58.6 Å². The van der Waals surface area contributed by atoms with Crippen molar-refractivity contribution in [1.29, 1.82) is 0 Å². The quantitative estimate of drug-likeness (QED) is 0.818. The minimum atomic E-state index is -0.109. The molecule has 3 rings (SSSR count). The Labute approximate surface area is 99.1 Å². The summed E-state index contributed by atoms with van der Waals surface area (Å²) in [5.41, 5.74) is 2.00.